The average Bonchev–Trinajstić information content (AvgIpc) is 2.23. The van der Waals surface area contributed by atoms with Crippen molar-refractivity contribution in [1.82, 2.24) is 5.32 Å². The third-order valence-electron chi connectivity index (χ3n) is 3.03. The molecule has 0 bridgehead atoms. The molecule has 0 aromatic heterocycles. The molecule has 0 aliphatic heterocycles. The molecular formula is C14H25N3. The predicted octanol–water partition coefficient (Wildman–Crippen LogP) is 3.24. The first-order valence-corrected chi connectivity index (χ1v) is 6.28. The second-order valence-electron chi connectivity index (χ2n) is 6.25. The number of hydrogen-bond donors (Lipinski definition) is 1. The third kappa shape index (κ3) is 8.72. The van der Waals surface area contributed by atoms with Crippen LogP contribution in [0.3, 0.4) is 0 Å². The molecule has 3 nitrogen and oxygen atoms in total. The normalized spacial score (nSPS) is 11.9. The minimum Gasteiger partial charge on any atom is -0.316 e. The second kappa shape index (κ2) is 7.30. The molecule has 0 aliphatic carbocycles. The highest BCUT2D eigenvalue weighted by Crippen LogP contribution is 2.23. The second-order valence-corrected chi connectivity index (χ2v) is 6.25. The van der Waals surface area contributed by atoms with Crippen LogP contribution in [0.15, 0.2) is 0 Å². The Kier molecular flexibility index (Phi) is 6.85. The lowest BCUT2D eigenvalue weighted by Gasteiger charge is -2.29. The first-order valence-electron chi connectivity index (χ1n) is 6.28. The molecule has 0 rings (SSSR count). The first-order chi connectivity index (χ1) is 7.83. The summed E-state index contributed by atoms with van der Waals surface area (Å²) in [5.41, 5.74) is 0.335. The van der Waals surface area contributed by atoms with Crippen LogP contribution >= 0.6 is 0 Å². The van der Waals surface area contributed by atoms with E-state index in [1.807, 2.05) is 0 Å². The maximum Gasteiger partial charge on any atom is 0.0621 e. The maximum absolute atomic E-state index is 8.58. The molecule has 1 N–H and O–H groups in total. The lowest BCUT2D eigenvalue weighted by atomic mass is 9.85. The monoisotopic (exact) mass is 235 g/mol. The van der Waals surface area contributed by atoms with Crippen molar-refractivity contribution in [2.45, 2.75) is 53.4 Å². The summed E-state index contributed by atoms with van der Waals surface area (Å²) in [6, 6.07) is 4.39. The van der Waals surface area contributed by atoms with E-state index in [4.69, 9.17) is 10.5 Å². The van der Waals surface area contributed by atoms with E-state index in [-0.39, 0.29) is 10.8 Å². The Morgan fingerprint density at radius 1 is 0.824 bits per heavy atom. The van der Waals surface area contributed by atoms with E-state index in [2.05, 4.69) is 45.2 Å². The standard InChI is InChI=1S/C14H25N3/c1-13(2,7-5-9-15)11-17-12-14(3,4)8-6-10-16/h17H,5-8,11-12H2,1-4H3. The zero-order chi connectivity index (χ0) is 13.4. The Morgan fingerprint density at radius 2 is 1.18 bits per heavy atom. The van der Waals surface area contributed by atoms with Crippen LogP contribution in [0.25, 0.3) is 0 Å². The van der Waals surface area contributed by atoms with Crippen molar-refractivity contribution in [2.24, 2.45) is 10.8 Å². The molecule has 0 spiro atoms. The number of nitrogens with zero attached hydrogens (tertiary/aromatic N) is 2. The first kappa shape index (κ1) is 15.9. The van der Waals surface area contributed by atoms with Gasteiger partial charge in [0.1, 0.15) is 0 Å². The minimum atomic E-state index is 0.168. The van der Waals surface area contributed by atoms with Crippen LogP contribution in [0.4, 0.5) is 0 Å². The predicted molar refractivity (Wildman–Crippen MR) is 70.1 cm³/mol. The summed E-state index contributed by atoms with van der Waals surface area (Å²) in [5.74, 6) is 0. The van der Waals surface area contributed by atoms with Gasteiger partial charge in [-0.15, -0.1) is 0 Å². The lowest BCUT2D eigenvalue weighted by molar-refractivity contribution is 0.266. The van der Waals surface area contributed by atoms with E-state index in [0.29, 0.717) is 12.8 Å². The largest absolute Gasteiger partial charge is 0.316 e. The van der Waals surface area contributed by atoms with E-state index in [1.165, 1.54) is 0 Å². The highest BCUT2D eigenvalue weighted by atomic mass is 14.9. The van der Waals surface area contributed by atoms with Gasteiger partial charge in [0.25, 0.3) is 0 Å². The Balaban J connectivity index is 3.90. The van der Waals surface area contributed by atoms with E-state index >= 15 is 0 Å². The quantitative estimate of drug-likeness (QED) is 0.702. The number of nitriles is 2. The Morgan fingerprint density at radius 3 is 1.47 bits per heavy atom. The minimum absolute atomic E-state index is 0.168. The van der Waals surface area contributed by atoms with Gasteiger partial charge in [-0.25, -0.2) is 0 Å². The van der Waals surface area contributed by atoms with Gasteiger partial charge in [0.2, 0.25) is 0 Å². The number of hydrogen-bond acceptors (Lipinski definition) is 3. The summed E-state index contributed by atoms with van der Waals surface area (Å²) in [7, 11) is 0. The van der Waals surface area contributed by atoms with Gasteiger partial charge < -0.3 is 5.32 Å². The average molecular weight is 235 g/mol. The molecule has 17 heavy (non-hydrogen) atoms. The van der Waals surface area contributed by atoms with Crippen LogP contribution in [-0.4, -0.2) is 13.1 Å². The Labute approximate surface area is 106 Å². The van der Waals surface area contributed by atoms with Crippen LogP contribution < -0.4 is 5.32 Å². The molecule has 0 aromatic carbocycles. The molecule has 0 atom stereocenters. The van der Waals surface area contributed by atoms with Gasteiger partial charge in [-0.05, 0) is 23.7 Å². The molecule has 0 fully saturated rings. The van der Waals surface area contributed by atoms with Gasteiger partial charge in [-0.2, -0.15) is 10.5 Å². The van der Waals surface area contributed by atoms with E-state index in [9.17, 15) is 0 Å². The molecule has 0 saturated carbocycles. The number of rotatable bonds is 8. The van der Waals surface area contributed by atoms with Gasteiger partial charge in [0.15, 0.2) is 0 Å². The fourth-order valence-corrected chi connectivity index (χ4v) is 1.70. The van der Waals surface area contributed by atoms with Crippen molar-refractivity contribution in [3.8, 4) is 12.1 Å². The summed E-state index contributed by atoms with van der Waals surface area (Å²) < 4.78 is 0. The Hall–Kier alpha value is -1.06. The van der Waals surface area contributed by atoms with Crippen molar-refractivity contribution in [3.05, 3.63) is 0 Å². The van der Waals surface area contributed by atoms with Crippen molar-refractivity contribution < 1.29 is 0 Å². The van der Waals surface area contributed by atoms with Crippen LogP contribution in [-0.2, 0) is 0 Å². The summed E-state index contributed by atoms with van der Waals surface area (Å²) >= 11 is 0. The van der Waals surface area contributed by atoms with Gasteiger partial charge >= 0.3 is 0 Å². The molecule has 0 saturated heterocycles. The molecule has 3 heteroatoms. The smallest absolute Gasteiger partial charge is 0.0621 e. The lowest BCUT2D eigenvalue weighted by Crippen LogP contribution is -2.36. The molecular weight excluding hydrogens is 210 g/mol. The summed E-state index contributed by atoms with van der Waals surface area (Å²) in [5, 5.41) is 20.6. The topological polar surface area (TPSA) is 59.6 Å². The van der Waals surface area contributed by atoms with Crippen molar-refractivity contribution >= 4 is 0 Å². The number of nitrogens with one attached hydrogen (secondary N) is 1. The fourth-order valence-electron chi connectivity index (χ4n) is 1.70. The maximum atomic E-state index is 8.58. The van der Waals surface area contributed by atoms with Crippen LogP contribution in [0.5, 0.6) is 0 Å². The van der Waals surface area contributed by atoms with Crippen LogP contribution in [0.2, 0.25) is 0 Å². The van der Waals surface area contributed by atoms with Crippen molar-refractivity contribution in [2.75, 3.05) is 13.1 Å². The van der Waals surface area contributed by atoms with E-state index in [0.717, 1.165) is 25.9 Å². The molecule has 0 heterocycles. The molecule has 0 aromatic rings. The van der Waals surface area contributed by atoms with Crippen molar-refractivity contribution in [1.29, 1.82) is 10.5 Å². The summed E-state index contributed by atoms with van der Waals surface area (Å²) in [6.07, 6.45) is 3.09. The van der Waals surface area contributed by atoms with Crippen molar-refractivity contribution in [3.63, 3.8) is 0 Å². The Bertz CT molecular complexity index is 262. The fraction of sp³-hybridized carbons (Fsp3) is 0.857. The molecule has 0 radical (unpaired) electrons. The SMILES string of the molecule is CC(C)(CCC#N)CNCC(C)(C)CCC#N. The molecule has 0 aliphatic rings. The summed E-state index contributed by atoms with van der Waals surface area (Å²) in [4.78, 5) is 0. The molecule has 96 valence electrons. The highest BCUT2D eigenvalue weighted by molar-refractivity contribution is 4.82. The van der Waals surface area contributed by atoms with Crippen LogP contribution in [0, 0.1) is 33.5 Å². The van der Waals surface area contributed by atoms with E-state index in [1.54, 1.807) is 0 Å². The highest BCUT2D eigenvalue weighted by Gasteiger charge is 2.21. The third-order valence-corrected chi connectivity index (χ3v) is 3.03. The van der Waals surface area contributed by atoms with Gasteiger partial charge in [-0.1, -0.05) is 27.7 Å². The molecule has 0 unspecified atom stereocenters. The van der Waals surface area contributed by atoms with Gasteiger partial charge in [-0.3, -0.25) is 0 Å². The zero-order valence-corrected chi connectivity index (χ0v) is 11.6. The molecule has 0 amide bonds. The van der Waals surface area contributed by atoms with E-state index < -0.39 is 0 Å². The van der Waals surface area contributed by atoms with Gasteiger partial charge in [0, 0.05) is 25.9 Å². The van der Waals surface area contributed by atoms with Crippen LogP contribution in [0.1, 0.15) is 53.4 Å². The van der Waals surface area contributed by atoms with Gasteiger partial charge in [0.05, 0.1) is 12.1 Å². The zero-order valence-electron chi connectivity index (χ0n) is 11.6. The summed E-state index contributed by atoms with van der Waals surface area (Å²) in [6.45, 7) is 10.6.